The molecule has 0 bridgehead atoms. The zero-order chi connectivity index (χ0) is 23.7. The van der Waals surface area contributed by atoms with Crippen molar-refractivity contribution in [2.75, 3.05) is 18.0 Å². The van der Waals surface area contributed by atoms with E-state index >= 15 is 0 Å². The second kappa shape index (κ2) is 9.68. The maximum absolute atomic E-state index is 13.1. The van der Waals surface area contributed by atoms with E-state index < -0.39 is 0 Å². The van der Waals surface area contributed by atoms with Gasteiger partial charge in [-0.1, -0.05) is 48.2 Å². The number of aliphatic imine (C=N–C) groups is 1. The van der Waals surface area contributed by atoms with Crippen LogP contribution in [0, 0.1) is 0 Å². The molecular formula is C27H27N4OS2+. The summed E-state index contributed by atoms with van der Waals surface area (Å²) in [6.45, 7) is 8.52. The number of aromatic nitrogens is 1. The summed E-state index contributed by atoms with van der Waals surface area (Å²) in [5.41, 5.74) is 1.23. The molecule has 0 spiro atoms. The van der Waals surface area contributed by atoms with Crippen LogP contribution in [-0.4, -0.2) is 29.1 Å². The molecule has 1 amide bonds. The van der Waals surface area contributed by atoms with Crippen LogP contribution in [0.25, 0.3) is 10.8 Å². The summed E-state index contributed by atoms with van der Waals surface area (Å²) in [7, 11) is 0. The molecule has 5 rings (SSSR count). The number of carbonyl (C=O) groups is 1. The van der Waals surface area contributed by atoms with Gasteiger partial charge in [0, 0.05) is 24.1 Å². The van der Waals surface area contributed by atoms with Crippen LogP contribution in [0.5, 0.6) is 0 Å². The number of amidine groups is 1. The average molecular weight is 488 g/mol. The van der Waals surface area contributed by atoms with E-state index in [2.05, 4.69) is 65.8 Å². The lowest BCUT2D eigenvalue weighted by molar-refractivity contribution is -0.680. The van der Waals surface area contributed by atoms with Crippen molar-refractivity contribution in [1.29, 1.82) is 0 Å². The maximum Gasteiger partial charge on any atom is 0.326 e. The highest BCUT2D eigenvalue weighted by atomic mass is 32.2. The Kier molecular flexibility index (Phi) is 6.48. The summed E-state index contributed by atoms with van der Waals surface area (Å²) in [5, 5.41) is 4.38. The number of allylic oxidation sites excluding steroid dienone is 2. The molecule has 1 fully saturated rings. The molecule has 5 nitrogen and oxygen atoms in total. The Morgan fingerprint density at radius 3 is 2.50 bits per heavy atom. The minimum atomic E-state index is 0.0103. The van der Waals surface area contributed by atoms with Crippen molar-refractivity contribution in [3.8, 4) is 0 Å². The zero-order valence-corrected chi connectivity index (χ0v) is 21.2. The second-order valence-electron chi connectivity index (χ2n) is 7.91. The monoisotopic (exact) mass is 487 g/mol. The third kappa shape index (κ3) is 4.03. The van der Waals surface area contributed by atoms with E-state index in [0.29, 0.717) is 11.4 Å². The molecule has 34 heavy (non-hydrogen) atoms. The first-order valence-corrected chi connectivity index (χ1v) is 13.2. The third-order valence-electron chi connectivity index (χ3n) is 5.99. The van der Waals surface area contributed by atoms with E-state index in [1.54, 1.807) is 16.7 Å². The van der Waals surface area contributed by atoms with Gasteiger partial charge in [-0.25, -0.2) is 4.57 Å². The number of rotatable bonds is 5. The number of hydrogen-bond donors (Lipinski definition) is 0. The fourth-order valence-corrected chi connectivity index (χ4v) is 6.50. The van der Waals surface area contributed by atoms with Gasteiger partial charge in [-0.15, -0.1) is 0 Å². The first kappa shape index (κ1) is 22.7. The van der Waals surface area contributed by atoms with Crippen molar-refractivity contribution >= 4 is 56.9 Å². The van der Waals surface area contributed by atoms with Crippen molar-refractivity contribution in [1.82, 2.24) is 4.90 Å². The second-order valence-corrected chi connectivity index (χ2v) is 9.95. The van der Waals surface area contributed by atoms with Crippen molar-refractivity contribution in [3.05, 3.63) is 82.9 Å². The lowest BCUT2D eigenvalue weighted by Gasteiger charge is -2.17. The van der Waals surface area contributed by atoms with E-state index in [4.69, 9.17) is 4.99 Å². The van der Waals surface area contributed by atoms with E-state index in [1.807, 2.05) is 37.4 Å². The largest absolute Gasteiger partial charge is 0.335 e. The number of likely N-dealkylation sites (N-methyl/N-ethyl adjacent to an activating group) is 1. The Labute approximate surface area is 208 Å². The Hall–Kier alpha value is -3.03. The minimum absolute atomic E-state index is 0.0103. The summed E-state index contributed by atoms with van der Waals surface area (Å²) < 4.78 is 2.07. The molecule has 0 N–H and O–H groups in total. The van der Waals surface area contributed by atoms with Gasteiger partial charge in [0.15, 0.2) is 0 Å². The fraction of sp³-hybridized carbons (Fsp3) is 0.222. The van der Waals surface area contributed by atoms with Gasteiger partial charge in [-0.05, 0) is 72.6 Å². The summed E-state index contributed by atoms with van der Waals surface area (Å²) in [5.74, 6) is 0.861. The maximum atomic E-state index is 13.1. The number of carbonyl (C=O) groups excluding carboxylic acids is 1. The Morgan fingerprint density at radius 2 is 1.71 bits per heavy atom. The number of anilines is 1. The SMILES string of the molecule is CCN1C(=O)/C(=C/C=C2\Sc3c(ccc4ccccc34)N2CC)S/C1=N\c1cccc[n+]1CC. The van der Waals surface area contributed by atoms with Crippen LogP contribution in [0.2, 0.25) is 0 Å². The van der Waals surface area contributed by atoms with E-state index in [-0.39, 0.29) is 5.91 Å². The molecule has 0 unspecified atom stereocenters. The first-order chi connectivity index (χ1) is 16.6. The molecule has 1 saturated heterocycles. The highest BCUT2D eigenvalue weighted by Crippen LogP contribution is 2.49. The molecule has 0 saturated carbocycles. The van der Waals surface area contributed by atoms with Crippen LogP contribution in [-0.2, 0) is 11.3 Å². The fourth-order valence-electron chi connectivity index (χ4n) is 4.25. The van der Waals surface area contributed by atoms with Crippen molar-refractivity contribution in [2.24, 2.45) is 4.99 Å². The minimum Gasteiger partial charge on any atom is -0.335 e. The summed E-state index contributed by atoms with van der Waals surface area (Å²) >= 11 is 3.22. The zero-order valence-electron chi connectivity index (χ0n) is 19.6. The topological polar surface area (TPSA) is 39.8 Å². The van der Waals surface area contributed by atoms with Crippen LogP contribution < -0.4 is 9.47 Å². The predicted molar refractivity (Wildman–Crippen MR) is 143 cm³/mol. The highest BCUT2D eigenvalue weighted by Gasteiger charge is 2.36. The molecule has 0 atom stereocenters. The smallest absolute Gasteiger partial charge is 0.326 e. The van der Waals surface area contributed by atoms with Crippen LogP contribution in [0.4, 0.5) is 11.5 Å². The molecule has 2 aliphatic rings. The molecule has 2 aromatic carbocycles. The summed E-state index contributed by atoms with van der Waals surface area (Å²) in [6, 6.07) is 18.8. The number of fused-ring (bicyclic) bond motifs is 3. The van der Waals surface area contributed by atoms with Gasteiger partial charge in [-0.3, -0.25) is 9.69 Å². The highest BCUT2D eigenvalue weighted by molar-refractivity contribution is 8.18. The van der Waals surface area contributed by atoms with E-state index in [1.165, 1.54) is 33.1 Å². The number of thioether (sulfide) groups is 2. The number of pyridine rings is 1. The number of hydrogen-bond acceptors (Lipinski definition) is 5. The normalized spacial score (nSPS) is 19.3. The van der Waals surface area contributed by atoms with Crippen LogP contribution in [0.15, 0.2) is 92.8 Å². The first-order valence-electron chi connectivity index (χ1n) is 11.6. The predicted octanol–water partition coefficient (Wildman–Crippen LogP) is 6.09. The third-order valence-corrected chi connectivity index (χ3v) is 8.21. The summed E-state index contributed by atoms with van der Waals surface area (Å²) in [4.78, 5) is 24.0. The van der Waals surface area contributed by atoms with Crippen LogP contribution >= 0.6 is 23.5 Å². The summed E-state index contributed by atoms with van der Waals surface area (Å²) in [6.07, 6.45) is 6.04. The van der Waals surface area contributed by atoms with Gasteiger partial charge < -0.3 is 4.90 Å². The molecule has 0 aliphatic carbocycles. The van der Waals surface area contributed by atoms with E-state index in [0.717, 1.165) is 29.1 Å². The van der Waals surface area contributed by atoms with Gasteiger partial charge in [0.1, 0.15) is 0 Å². The number of amides is 1. The Balaban J connectivity index is 1.47. The van der Waals surface area contributed by atoms with Crippen molar-refractivity contribution < 1.29 is 9.36 Å². The van der Waals surface area contributed by atoms with Gasteiger partial charge in [-0.2, -0.15) is 0 Å². The van der Waals surface area contributed by atoms with Gasteiger partial charge in [0.2, 0.25) is 0 Å². The lowest BCUT2D eigenvalue weighted by Crippen LogP contribution is -2.33. The molecule has 172 valence electrons. The van der Waals surface area contributed by atoms with Crippen LogP contribution in [0.3, 0.4) is 0 Å². The number of benzene rings is 2. The number of aryl methyl sites for hydroxylation is 1. The molecule has 7 heteroatoms. The molecule has 1 aromatic heterocycles. The quantitative estimate of drug-likeness (QED) is 0.323. The van der Waals surface area contributed by atoms with Crippen molar-refractivity contribution in [3.63, 3.8) is 0 Å². The molecule has 3 heterocycles. The van der Waals surface area contributed by atoms with Gasteiger partial charge in [0.05, 0.1) is 28.4 Å². The van der Waals surface area contributed by atoms with Gasteiger partial charge >= 0.3 is 5.82 Å². The van der Waals surface area contributed by atoms with Crippen molar-refractivity contribution in [2.45, 2.75) is 32.2 Å². The Morgan fingerprint density at radius 1 is 0.912 bits per heavy atom. The van der Waals surface area contributed by atoms with Crippen LogP contribution in [0.1, 0.15) is 20.8 Å². The molecule has 2 aliphatic heterocycles. The molecular weight excluding hydrogens is 460 g/mol. The average Bonchev–Trinajstić information content (AvgIpc) is 3.39. The van der Waals surface area contributed by atoms with Gasteiger partial charge in [0.25, 0.3) is 11.1 Å². The molecule has 3 aromatic rings. The van der Waals surface area contributed by atoms with E-state index in [9.17, 15) is 4.79 Å². The number of nitrogens with zero attached hydrogens (tertiary/aromatic N) is 4. The Bertz CT molecular complexity index is 1360. The molecule has 0 radical (unpaired) electrons. The standard InChI is InChI=1S/C27H27N4OS2/c1-4-29-18-10-9-13-23(29)28-27-31(6-3)26(32)22(33-27)16-17-24-30(5-2)21-15-14-19-11-7-8-12-20(19)25(21)34-24/h7-18H,4-6H2,1-3H3/q+1/b22-16-,24-17-. The lowest BCUT2D eigenvalue weighted by atomic mass is 10.1.